The molecule has 0 radical (unpaired) electrons. The van der Waals surface area contributed by atoms with E-state index in [4.69, 9.17) is 16.6 Å². The minimum absolute atomic E-state index is 0.229. The highest BCUT2D eigenvalue weighted by Gasteiger charge is 2.30. The monoisotopic (exact) mass is 387 g/mol. The number of rotatable bonds is 14. The maximum Gasteiger partial charge on any atom is 0.307 e. The van der Waals surface area contributed by atoms with Gasteiger partial charge < -0.3 is 27.0 Å². The molecule has 10 nitrogen and oxygen atoms in total. The predicted octanol–water partition coefficient (Wildman–Crippen LogP) is -1.42. The van der Waals surface area contributed by atoms with Crippen LogP contribution >= 0.6 is 0 Å². The number of nitrogens with one attached hydrogen (secondary N) is 1. The van der Waals surface area contributed by atoms with Gasteiger partial charge in [0, 0.05) is 19.3 Å². The number of carbonyl (C=O) groups excluding carboxylic acids is 4. The van der Waals surface area contributed by atoms with E-state index in [0.717, 1.165) is 0 Å². The van der Waals surface area contributed by atoms with Gasteiger partial charge in [0.1, 0.15) is 5.78 Å². The summed E-state index contributed by atoms with van der Waals surface area (Å²) in [4.78, 5) is 58.5. The molecule has 7 N–H and O–H groups in total. The second kappa shape index (κ2) is 12.1. The standard InChI is InChI=1S/C17H29N3O7/c1-3-9(2)12(17(26)27)6-11(22)4-10(5-15(19)24)16(25)20-7-14(23)13(18)8-21/h9-10,12-13,21H,3-8,18H2,1-2H3,(H2,19,24)(H,20,25)(H,26,27)/t9?,10-,12-,13-/m0/s1. The van der Waals surface area contributed by atoms with Crippen LogP contribution in [-0.4, -0.2) is 58.8 Å². The van der Waals surface area contributed by atoms with Gasteiger partial charge in [-0.15, -0.1) is 0 Å². The lowest BCUT2D eigenvalue weighted by molar-refractivity contribution is -0.146. The topological polar surface area (TPSA) is 190 Å². The molecule has 27 heavy (non-hydrogen) atoms. The number of hydrogen-bond donors (Lipinski definition) is 5. The molecule has 4 atom stereocenters. The molecule has 0 spiro atoms. The Bertz CT molecular complexity index is 565. The summed E-state index contributed by atoms with van der Waals surface area (Å²) in [5.74, 6) is -5.97. The number of carboxylic acid groups (broad SMARTS) is 1. The molecule has 10 heteroatoms. The van der Waals surface area contributed by atoms with Crippen molar-refractivity contribution in [2.45, 2.75) is 45.6 Å². The molecule has 154 valence electrons. The van der Waals surface area contributed by atoms with Crippen molar-refractivity contribution < 1.29 is 34.2 Å². The van der Waals surface area contributed by atoms with Gasteiger partial charge in [-0.3, -0.25) is 24.0 Å². The van der Waals surface area contributed by atoms with Crippen LogP contribution in [0.25, 0.3) is 0 Å². The van der Waals surface area contributed by atoms with Gasteiger partial charge in [0.15, 0.2) is 5.78 Å². The SMILES string of the molecule is CCC(C)[C@H](CC(=O)C[C@@H](CC(N)=O)C(=O)NCC(=O)[C@@H](N)CO)C(=O)O. The molecule has 0 aliphatic rings. The van der Waals surface area contributed by atoms with Crippen LogP contribution in [0.15, 0.2) is 0 Å². The second-order valence-electron chi connectivity index (χ2n) is 6.62. The summed E-state index contributed by atoms with van der Waals surface area (Å²) in [7, 11) is 0. The first-order chi connectivity index (χ1) is 12.5. The first kappa shape index (κ1) is 24.7. The largest absolute Gasteiger partial charge is 0.481 e. The van der Waals surface area contributed by atoms with Crippen LogP contribution < -0.4 is 16.8 Å². The Morgan fingerprint density at radius 2 is 1.67 bits per heavy atom. The Morgan fingerprint density at radius 1 is 1.07 bits per heavy atom. The van der Waals surface area contributed by atoms with Gasteiger partial charge in [-0.05, 0) is 5.92 Å². The van der Waals surface area contributed by atoms with E-state index in [1.54, 1.807) is 6.92 Å². The zero-order valence-electron chi connectivity index (χ0n) is 15.6. The fourth-order valence-corrected chi connectivity index (χ4v) is 2.47. The highest BCUT2D eigenvalue weighted by molar-refractivity contribution is 5.94. The number of carbonyl (C=O) groups is 5. The third-order valence-electron chi connectivity index (χ3n) is 4.44. The molecule has 0 aromatic heterocycles. The molecule has 2 amide bonds. The molecule has 0 fully saturated rings. The molecule has 0 heterocycles. The Balaban J connectivity index is 4.96. The van der Waals surface area contributed by atoms with Crippen molar-refractivity contribution in [3.8, 4) is 0 Å². The third-order valence-corrected chi connectivity index (χ3v) is 4.44. The van der Waals surface area contributed by atoms with E-state index in [1.807, 2.05) is 6.92 Å². The van der Waals surface area contributed by atoms with E-state index in [9.17, 15) is 29.1 Å². The molecular weight excluding hydrogens is 358 g/mol. The smallest absolute Gasteiger partial charge is 0.307 e. The number of carboxylic acids is 1. The van der Waals surface area contributed by atoms with E-state index in [-0.39, 0.29) is 18.8 Å². The van der Waals surface area contributed by atoms with Crippen molar-refractivity contribution in [3.05, 3.63) is 0 Å². The molecular formula is C17H29N3O7. The fourth-order valence-electron chi connectivity index (χ4n) is 2.47. The van der Waals surface area contributed by atoms with Crippen molar-refractivity contribution in [3.63, 3.8) is 0 Å². The van der Waals surface area contributed by atoms with Crippen LogP contribution in [0.5, 0.6) is 0 Å². The number of Topliss-reactive ketones (excluding diaryl/α,β-unsaturated/α-hetero) is 2. The van der Waals surface area contributed by atoms with Crippen molar-refractivity contribution in [2.24, 2.45) is 29.2 Å². The minimum Gasteiger partial charge on any atom is -0.481 e. The fraction of sp³-hybridized carbons (Fsp3) is 0.706. The highest BCUT2D eigenvalue weighted by Crippen LogP contribution is 2.22. The molecule has 0 aromatic carbocycles. The molecule has 1 unspecified atom stereocenters. The Hall–Kier alpha value is -2.33. The van der Waals surface area contributed by atoms with Crippen LogP contribution in [0.3, 0.4) is 0 Å². The van der Waals surface area contributed by atoms with Crippen LogP contribution in [-0.2, 0) is 24.0 Å². The van der Waals surface area contributed by atoms with E-state index in [2.05, 4.69) is 5.32 Å². The number of amides is 2. The van der Waals surface area contributed by atoms with Gasteiger partial charge in [-0.2, -0.15) is 0 Å². The molecule has 0 aliphatic heterocycles. The molecule has 0 aromatic rings. The Morgan fingerprint density at radius 3 is 2.11 bits per heavy atom. The summed E-state index contributed by atoms with van der Waals surface area (Å²) in [6.07, 6.45) is -0.474. The number of primary amides is 1. The van der Waals surface area contributed by atoms with Crippen molar-refractivity contribution >= 4 is 29.4 Å². The summed E-state index contributed by atoms with van der Waals surface area (Å²) in [5, 5.41) is 20.3. The van der Waals surface area contributed by atoms with E-state index in [1.165, 1.54) is 0 Å². The number of hydrogen-bond acceptors (Lipinski definition) is 7. The Labute approximate surface area is 157 Å². The number of aliphatic carboxylic acids is 1. The summed E-state index contributed by atoms with van der Waals surface area (Å²) >= 11 is 0. The van der Waals surface area contributed by atoms with Crippen molar-refractivity contribution in [2.75, 3.05) is 13.2 Å². The lowest BCUT2D eigenvalue weighted by Crippen LogP contribution is -2.44. The quantitative estimate of drug-likeness (QED) is 0.240. The van der Waals surface area contributed by atoms with Crippen LogP contribution in [0.4, 0.5) is 0 Å². The number of nitrogens with two attached hydrogens (primary N) is 2. The first-order valence-electron chi connectivity index (χ1n) is 8.73. The van der Waals surface area contributed by atoms with Crippen LogP contribution in [0.1, 0.15) is 39.5 Å². The zero-order chi connectivity index (χ0) is 21.1. The van der Waals surface area contributed by atoms with Crippen molar-refractivity contribution in [1.29, 1.82) is 0 Å². The second-order valence-corrected chi connectivity index (χ2v) is 6.62. The molecule has 0 aliphatic carbocycles. The predicted molar refractivity (Wildman–Crippen MR) is 95.2 cm³/mol. The Kier molecular flexibility index (Phi) is 11.1. The number of aliphatic hydroxyl groups is 1. The maximum absolute atomic E-state index is 12.3. The minimum atomic E-state index is -1.15. The molecule has 0 saturated carbocycles. The zero-order valence-corrected chi connectivity index (χ0v) is 15.6. The van der Waals surface area contributed by atoms with Gasteiger partial charge in [-0.1, -0.05) is 20.3 Å². The summed E-state index contributed by atoms with van der Waals surface area (Å²) in [5.41, 5.74) is 10.4. The van der Waals surface area contributed by atoms with Gasteiger partial charge >= 0.3 is 5.97 Å². The van der Waals surface area contributed by atoms with Crippen molar-refractivity contribution in [1.82, 2.24) is 5.32 Å². The maximum atomic E-state index is 12.3. The van der Waals surface area contributed by atoms with Gasteiger partial charge in [0.25, 0.3) is 0 Å². The third kappa shape index (κ3) is 9.25. The van der Waals surface area contributed by atoms with Gasteiger partial charge in [-0.25, -0.2) is 0 Å². The summed E-state index contributed by atoms with van der Waals surface area (Å²) < 4.78 is 0. The van der Waals surface area contributed by atoms with E-state index in [0.29, 0.717) is 6.42 Å². The highest BCUT2D eigenvalue weighted by atomic mass is 16.4. The summed E-state index contributed by atoms with van der Waals surface area (Å²) in [6.45, 7) is 2.48. The average Bonchev–Trinajstić information content (AvgIpc) is 2.61. The van der Waals surface area contributed by atoms with Gasteiger partial charge in [0.2, 0.25) is 11.8 Å². The normalized spacial score (nSPS) is 15.3. The number of ketones is 2. The van der Waals surface area contributed by atoms with E-state index < -0.39 is 66.8 Å². The van der Waals surface area contributed by atoms with Crippen LogP contribution in [0, 0.1) is 17.8 Å². The number of aliphatic hydroxyl groups excluding tert-OH is 1. The van der Waals surface area contributed by atoms with E-state index >= 15 is 0 Å². The first-order valence-corrected chi connectivity index (χ1v) is 8.73. The lowest BCUT2D eigenvalue weighted by Gasteiger charge is -2.20. The average molecular weight is 387 g/mol. The molecule has 0 rings (SSSR count). The van der Waals surface area contributed by atoms with Crippen LogP contribution in [0.2, 0.25) is 0 Å². The summed E-state index contributed by atoms with van der Waals surface area (Å²) in [6, 6.07) is -1.15. The molecule has 0 bridgehead atoms. The molecule has 0 saturated heterocycles. The lowest BCUT2D eigenvalue weighted by atomic mass is 9.85. The van der Waals surface area contributed by atoms with Gasteiger partial charge in [0.05, 0.1) is 31.0 Å².